The molecule has 0 spiro atoms. The number of methoxy groups -OCH3 is 1. The zero-order valence-electron chi connectivity index (χ0n) is 7.51. The largest absolute Gasteiger partial charge is 0.496 e. The predicted molar refractivity (Wildman–Crippen MR) is 53.3 cm³/mol. The van der Waals surface area contributed by atoms with Crippen molar-refractivity contribution in [2.45, 2.75) is 18.9 Å². The van der Waals surface area contributed by atoms with Crippen LogP contribution in [0.4, 0.5) is 0 Å². The molecule has 1 aliphatic carbocycles. The molecule has 1 aromatic carbocycles. The number of ether oxygens (including phenoxy) is 1. The maximum atomic E-state index is 6.05. The van der Waals surface area contributed by atoms with Crippen LogP contribution in [0, 0.1) is 0 Å². The summed E-state index contributed by atoms with van der Waals surface area (Å²) in [4.78, 5) is 0. The van der Waals surface area contributed by atoms with E-state index in [1.54, 1.807) is 7.11 Å². The average Bonchev–Trinajstić information content (AvgIpc) is 2.51. The number of rotatable bonds is 1. The molecule has 13 heavy (non-hydrogen) atoms. The first kappa shape index (κ1) is 8.85. The summed E-state index contributed by atoms with van der Waals surface area (Å²) >= 11 is 6.05. The summed E-state index contributed by atoms with van der Waals surface area (Å²) < 4.78 is 5.24. The van der Waals surface area contributed by atoms with E-state index in [0.717, 1.165) is 34.7 Å². The van der Waals surface area contributed by atoms with E-state index in [4.69, 9.17) is 22.1 Å². The van der Waals surface area contributed by atoms with Crippen molar-refractivity contribution in [1.82, 2.24) is 0 Å². The Morgan fingerprint density at radius 1 is 1.54 bits per heavy atom. The van der Waals surface area contributed by atoms with Crippen LogP contribution in [0.2, 0.25) is 5.02 Å². The Morgan fingerprint density at radius 3 is 3.00 bits per heavy atom. The van der Waals surface area contributed by atoms with Gasteiger partial charge in [-0.2, -0.15) is 0 Å². The van der Waals surface area contributed by atoms with E-state index in [-0.39, 0.29) is 6.04 Å². The normalized spacial score (nSPS) is 20.1. The lowest BCUT2D eigenvalue weighted by molar-refractivity contribution is 0.407. The lowest BCUT2D eigenvalue weighted by Crippen LogP contribution is -2.07. The number of benzene rings is 1. The zero-order valence-corrected chi connectivity index (χ0v) is 8.27. The molecule has 0 saturated heterocycles. The molecular formula is C10H12ClNO. The van der Waals surface area contributed by atoms with Gasteiger partial charge in [0.25, 0.3) is 0 Å². The molecule has 70 valence electrons. The smallest absolute Gasteiger partial charge is 0.124 e. The van der Waals surface area contributed by atoms with Gasteiger partial charge in [0.2, 0.25) is 0 Å². The summed E-state index contributed by atoms with van der Waals surface area (Å²) in [6, 6.07) is 3.84. The van der Waals surface area contributed by atoms with Crippen LogP contribution in [0.3, 0.4) is 0 Å². The fourth-order valence-corrected chi connectivity index (χ4v) is 2.16. The first-order chi connectivity index (χ1) is 6.24. The van der Waals surface area contributed by atoms with Gasteiger partial charge in [0.1, 0.15) is 5.75 Å². The van der Waals surface area contributed by atoms with Crippen molar-refractivity contribution in [2.24, 2.45) is 5.73 Å². The summed E-state index contributed by atoms with van der Waals surface area (Å²) in [7, 11) is 1.66. The fraction of sp³-hybridized carbons (Fsp3) is 0.400. The molecule has 1 aliphatic rings. The van der Waals surface area contributed by atoms with Crippen LogP contribution in [-0.4, -0.2) is 7.11 Å². The highest BCUT2D eigenvalue weighted by Gasteiger charge is 2.24. The Labute approximate surface area is 82.6 Å². The Kier molecular flexibility index (Phi) is 2.18. The fourth-order valence-electron chi connectivity index (χ4n) is 1.90. The third-order valence-corrected chi connectivity index (χ3v) is 2.91. The average molecular weight is 198 g/mol. The highest BCUT2D eigenvalue weighted by atomic mass is 35.5. The van der Waals surface area contributed by atoms with Gasteiger partial charge >= 0.3 is 0 Å². The SMILES string of the molecule is COc1ccc(Cl)c2c1[C@H](N)CC2. The minimum atomic E-state index is 0.0867. The van der Waals surface area contributed by atoms with Gasteiger partial charge in [-0.05, 0) is 30.5 Å². The van der Waals surface area contributed by atoms with Gasteiger partial charge in [-0.1, -0.05) is 11.6 Å². The first-order valence-electron chi connectivity index (χ1n) is 4.35. The van der Waals surface area contributed by atoms with Gasteiger partial charge < -0.3 is 10.5 Å². The third kappa shape index (κ3) is 1.30. The molecule has 2 N–H and O–H groups in total. The Morgan fingerprint density at radius 2 is 2.31 bits per heavy atom. The van der Waals surface area contributed by atoms with Crippen molar-refractivity contribution in [1.29, 1.82) is 0 Å². The molecule has 0 bridgehead atoms. The molecule has 0 amide bonds. The van der Waals surface area contributed by atoms with Crippen molar-refractivity contribution in [3.63, 3.8) is 0 Å². The van der Waals surface area contributed by atoms with Gasteiger partial charge in [-0.3, -0.25) is 0 Å². The molecule has 1 atom stereocenters. The molecule has 0 radical (unpaired) electrons. The van der Waals surface area contributed by atoms with E-state index < -0.39 is 0 Å². The predicted octanol–water partition coefficient (Wildman–Crippen LogP) is 2.29. The van der Waals surface area contributed by atoms with Crippen LogP contribution in [-0.2, 0) is 6.42 Å². The second-order valence-corrected chi connectivity index (χ2v) is 3.69. The molecule has 0 fully saturated rings. The minimum absolute atomic E-state index is 0.0867. The van der Waals surface area contributed by atoms with Crippen molar-refractivity contribution in [3.05, 3.63) is 28.3 Å². The summed E-state index contributed by atoms with van der Waals surface area (Å²) in [5.74, 6) is 0.865. The third-order valence-electron chi connectivity index (χ3n) is 2.56. The quantitative estimate of drug-likeness (QED) is 0.750. The molecule has 0 aliphatic heterocycles. The van der Waals surface area contributed by atoms with Crippen LogP contribution in [0.1, 0.15) is 23.6 Å². The van der Waals surface area contributed by atoms with E-state index in [1.165, 1.54) is 0 Å². The summed E-state index contributed by atoms with van der Waals surface area (Å²) in [5.41, 5.74) is 8.21. The molecule has 0 saturated carbocycles. The second-order valence-electron chi connectivity index (χ2n) is 3.29. The number of nitrogens with two attached hydrogens (primary N) is 1. The van der Waals surface area contributed by atoms with Gasteiger partial charge in [0.05, 0.1) is 7.11 Å². The molecule has 2 nitrogen and oxygen atoms in total. The second kappa shape index (κ2) is 3.20. The minimum Gasteiger partial charge on any atom is -0.496 e. The number of fused-ring (bicyclic) bond motifs is 1. The zero-order chi connectivity index (χ0) is 9.42. The Bertz CT molecular complexity index is 338. The lowest BCUT2D eigenvalue weighted by Gasteiger charge is -2.11. The van der Waals surface area contributed by atoms with E-state index in [9.17, 15) is 0 Å². The van der Waals surface area contributed by atoms with Gasteiger partial charge in [-0.15, -0.1) is 0 Å². The Balaban J connectivity index is 2.60. The maximum absolute atomic E-state index is 6.05. The number of hydrogen-bond acceptors (Lipinski definition) is 2. The van der Waals surface area contributed by atoms with E-state index in [1.807, 2.05) is 12.1 Å². The topological polar surface area (TPSA) is 35.2 Å². The van der Waals surface area contributed by atoms with Crippen LogP contribution in [0.5, 0.6) is 5.75 Å². The summed E-state index contributed by atoms with van der Waals surface area (Å²) in [6.07, 6.45) is 1.93. The maximum Gasteiger partial charge on any atom is 0.124 e. The number of hydrogen-bond donors (Lipinski definition) is 1. The molecular weight excluding hydrogens is 186 g/mol. The van der Waals surface area contributed by atoms with Crippen LogP contribution >= 0.6 is 11.6 Å². The highest BCUT2D eigenvalue weighted by Crippen LogP contribution is 2.40. The van der Waals surface area contributed by atoms with Gasteiger partial charge in [0.15, 0.2) is 0 Å². The van der Waals surface area contributed by atoms with Crippen LogP contribution in [0.15, 0.2) is 12.1 Å². The lowest BCUT2D eigenvalue weighted by atomic mass is 10.1. The molecule has 0 heterocycles. The van der Waals surface area contributed by atoms with Crippen LogP contribution in [0.25, 0.3) is 0 Å². The van der Waals surface area contributed by atoms with Crippen LogP contribution < -0.4 is 10.5 Å². The highest BCUT2D eigenvalue weighted by molar-refractivity contribution is 6.31. The molecule has 3 heteroatoms. The molecule has 1 aromatic rings. The van der Waals surface area contributed by atoms with Gasteiger partial charge in [0, 0.05) is 16.6 Å². The van der Waals surface area contributed by atoms with E-state index in [2.05, 4.69) is 0 Å². The molecule has 0 aromatic heterocycles. The van der Waals surface area contributed by atoms with Crippen molar-refractivity contribution < 1.29 is 4.74 Å². The summed E-state index contributed by atoms with van der Waals surface area (Å²) in [5, 5.41) is 0.809. The summed E-state index contributed by atoms with van der Waals surface area (Å²) in [6.45, 7) is 0. The first-order valence-corrected chi connectivity index (χ1v) is 4.72. The van der Waals surface area contributed by atoms with Gasteiger partial charge in [-0.25, -0.2) is 0 Å². The molecule has 2 rings (SSSR count). The van der Waals surface area contributed by atoms with E-state index in [0.29, 0.717) is 0 Å². The Hall–Kier alpha value is -0.730. The molecule has 0 unspecified atom stereocenters. The standard InChI is InChI=1S/C10H12ClNO/c1-13-9-5-3-7(11)6-2-4-8(12)10(6)9/h3,5,8H,2,4,12H2,1H3/t8-/m1/s1. The van der Waals surface area contributed by atoms with Crippen molar-refractivity contribution in [2.75, 3.05) is 7.11 Å². The monoisotopic (exact) mass is 197 g/mol. The van der Waals surface area contributed by atoms with Crippen molar-refractivity contribution >= 4 is 11.6 Å². The van der Waals surface area contributed by atoms with Crippen molar-refractivity contribution in [3.8, 4) is 5.75 Å². The number of halogens is 1. The van der Waals surface area contributed by atoms with E-state index >= 15 is 0 Å².